The first-order valence-electron chi connectivity index (χ1n) is 6.17. The van der Waals surface area contributed by atoms with Gasteiger partial charge in [0.2, 0.25) is 0 Å². The van der Waals surface area contributed by atoms with Crippen molar-refractivity contribution >= 4 is 27.3 Å². The minimum atomic E-state index is -4.65. The first-order chi connectivity index (χ1) is 9.83. The molecule has 0 amide bonds. The number of hydrogen-bond donors (Lipinski definition) is 1. The number of thiophene rings is 1. The molecule has 7 heteroatoms. The summed E-state index contributed by atoms with van der Waals surface area (Å²) in [7, 11) is 0. The molecule has 1 atom stereocenters. The standard InChI is InChI=1S/C14H13BrF3NOS/c1-9(19-8-12-6-7-13(15)21-12)10-2-4-11(5-3-10)20-14(16,17)18/h2-7,9,19H,8H2,1H3. The van der Waals surface area contributed by atoms with E-state index in [1.807, 2.05) is 19.1 Å². The molecule has 0 fully saturated rings. The van der Waals surface area contributed by atoms with E-state index in [0.29, 0.717) is 6.54 Å². The monoisotopic (exact) mass is 379 g/mol. The second-order valence-corrected chi connectivity index (χ2v) is 6.97. The van der Waals surface area contributed by atoms with Crippen LogP contribution in [0.1, 0.15) is 23.4 Å². The third-order valence-electron chi connectivity index (χ3n) is 2.83. The predicted octanol–water partition coefficient (Wildman–Crippen LogP) is 5.26. The molecular weight excluding hydrogens is 367 g/mol. The van der Waals surface area contributed by atoms with Crippen molar-refractivity contribution in [1.29, 1.82) is 0 Å². The van der Waals surface area contributed by atoms with Crippen LogP contribution >= 0.6 is 27.3 Å². The second-order valence-electron chi connectivity index (χ2n) is 4.43. The van der Waals surface area contributed by atoms with Gasteiger partial charge >= 0.3 is 6.36 Å². The predicted molar refractivity (Wildman–Crippen MR) is 80.4 cm³/mol. The van der Waals surface area contributed by atoms with Crippen LogP contribution in [0.2, 0.25) is 0 Å². The van der Waals surface area contributed by atoms with E-state index in [1.165, 1.54) is 17.0 Å². The van der Waals surface area contributed by atoms with Gasteiger partial charge in [-0.2, -0.15) is 0 Å². The lowest BCUT2D eigenvalue weighted by molar-refractivity contribution is -0.274. The number of alkyl halides is 3. The van der Waals surface area contributed by atoms with Crippen molar-refractivity contribution in [3.8, 4) is 5.75 Å². The molecule has 1 aromatic heterocycles. The number of rotatable bonds is 5. The van der Waals surface area contributed by atoms with E-state index >= 15 is 0 Å². The normalized spacial score (nSPS) is 13.2. The van der Waals surface area contributed by atoms with Gasteiger partial charge in [0.05, 0.1) is 3.79 Å². The Morgan fingerprint density at radius 1 is 1.19 bits per heavy atom. The Balaban J connectivity index is 1.91. The summed E-state index contributed by atoms with van der Waals surface area (Å²) in [6, 6.07) is 9.94. The van der Waals surface area contributed by atoms with Gasteiger partial charge in [0.25, 0.3) is 0 Å². The highest BCUT2D eigenvalue weighted by Gasteiger charge is 2.30. The van der Waals surface area contributed by atoms with Crippen LogP contribution in [0.15, 0.2) is 40.2 Å². The lowest BCUT2D eigenvalue weighted by Gasteiger charge is -2.15. The van der Waals surface area contributed by atoms with Crippen LogP contribution in [0, 0.1) is 0 Å². The first-order valence-corrected chi connectivity index (χ1v) is 7.78. The molecule has 2 aromatic rings. The number of hydrogen-bond acceptors (Lipinski definition) is 3. The quantitative estimate of drug-likeness (QED) is 0.764. The van der Waals surface area contributed by atoms with Crippen molar-refractivity contribution in [1.82, 2.24) is 5.32 Å². The van der Waals surface area contributed by atoms with Gasteiger partial charge in [-0.25, -0.2) is 0 Å². The largest absolute Gasteiger partial charge is 0.573 e. The van der Waals surface area contributed by atoms with Gasteiger partial charge in [0.15, 0.2) is 0 Å². The molecular formula is C14H13BrF3NOS. The summed E-state index contributed by atoms with van der Waals surface area (Å²) >= 11 is 5.04. The topological polar surface area (TPSA) is 21.3 Å². The van der Waals surface area contributed by atoms with Crippen molar-refractivity contribution in [2.24, 2.45) is 0 Å². The van der Waals surface area contributed by atoms with Crippen LogP contribution in [0.4, 0.5) is 13.2 Å². The molecule has 1 unspecified atom stereocenters. The SMILES string of the molecule is CC(NCc1ccc(Br)s1)c1ccc(OC(F)(F)F)cc1. The number of benzene rings is 1. The van der Waals surface area contributed by atoms with E-state index in [1.54, 1.807) is 23.5 Å². The summed E-state index contributed by atoms with van der Waals surface area (Å²) in [5.41, 5.74) is 0.903. The molecule has 1 aromatic carbocycles. The molecule has 21 heavy (non-hydrogen) atoms. The highest BCUT2D eigenvalue weighted by atomic mass is 79.9. The Morgan fingerprint density at radius 2 is 1.86 bits per heavy atom. The van der Waals surface area contributed by atoms with Gasteiger partial charge in [0, 0.05) is 17.5 Å². The lowest BCUT2D eigenvalue weighted by atomic mass is 10.1. The Hall–Kier alpha value is -1.05. The molecule has 0 spiro atoms. The van der Waals surface area contributed by atoms with Crippen LogP contribution in [0.3, 0.4) is 0 Å². The Labute approximate surface area is 133 Å². The molecule has 0 saturated carbocycles. The molecule has 1 heterocycles. The van der Waals surface area contributed by atoms with E-state index in [0.717, 1.165) is 9.35 Å². The van der Waals surface area contributed by atoms with Crippen LogP contribution in [0.5, 0.6) is 5.75 Å². The fourth-order valence-electron chi connectivity index (χ4n) is 1.78. The van der Waals surface area contributed by atoms with E-state index in [-0.39, 0.29) is 11.8 Å². The van der Waals surface area contributed by atoms with E-state index in [2.05, 4.69) is 26.0 Å². The third-order valence-corrected chi connectivity index (χ3v) is 4.45. The minimum absolute atomic E-state index is 0.0332. The fraction of sp³-hybridized carbons (Fsp3) is 0.286. The van der Waals surface area contributed by atoms with Crippen molar-refractivity contribution < 1.29 is 17.9 Å². The smallest absolute Gasteiger partial charge is 0.406 e. The number of halogens is 4. The summed E-state index contributed by atoms with van der Waals surface area (Å²) in [5.74, 6) is -0.208. The molecule has 0 saturated heterocycles. The van der Waals surface area contributed by atoms with Gasteiger partial charge in [-0.1, -0.05) is 12.1 Å². The maximum atomic E-state index is 12.1. The van der Waals surface area contributed by atoms with Crippen molar-refractivity contribution in [3.05, 3.63) is 50.6 Å². The van der Waals surface area contributed by atoms with E-state index in [4.69, 9.17) is 0 Å². The van der Waals surface area contributed by atoms with Crippen molar-refractivity contribution in [3.63, 3.8) is 0 Å². The fourth-order valence-corrected chi connectivity index (χ4v) is 3.21. The molecule has 2 nitrogen and oxygen atoms in total. The maximum Gasteiger partial charge on any atom is 0.573 e. The van der Waals surface area contributed by atoms with Crippen molar-refractivity contribution in [2.75, 3.05) is 0 Å². The molecule has 0 aliphatic rings. The van der Waals surface area contributed by atoms with Crippen LogP contribution in [-0.2, 0) is 6.54 Å². The molecule has 1 N–H and O–H groups in total. The van der Waals surface area contributed by atoms with Crippen LogP contribution in [-0.4, -0.2) is 6.36 Å². The minimum Gasteiger partial charge on any atom is -0.406 e. The molecule has 2 rings (SSSR count). The summed E-state index contributed by atoms with van der Waals surface area (Å²) in [5, 5.41) is 3.32. The van der Waals surface area contributed by atoms with Gasteiger partial charge in [-0.3, -0.25) is 0 Å². The van der Waals surface area contributed by atoms with E-state index < -0.39 is 6.36 Å². The van der Waals surface area contributed by atoms with Gasteiger partial charge in [-0.15, -0.1) is 24.5 Å². The van der Waals surface area contributed by atoms with E-state index in [9.17, 15) is 13.2 Å². The summed E-state index contributed by atoms with van der Waals surface area (Å²) in [6.45, 7) is 2.67. The summed E-state index contributed by atoms with van der Waals surface area (Å²) < 4.78 is 41.1. The van der Waals surface area contributed by atoms with Gasteiger partial charge < -0.3 is 10.1 Å². The summed E-state index contributed by atoms with van der Waals surface area (Å²) in [6.07, 6.45) is -4.65. The maximum absolute atomic E-state index is 12.1. The third kappa shape index (κ3) is 5.33. The molecule has 0 radical (unpaired) electrons. The Kier molecular flexibility index (Phi) is 5.29. The molecule has 0 aliphatic carbocycles. The zero-order valence-electron chi connectivity index (χ0n) is 11.1. The summed E-state index contributed by atoms with van der Waals surface area (Å²) in [4.78, 5) is 1.19. The highest BCUT2D eigenvalue weighted by Crippen LogP contribution is 2.25. The Morgan fingerprint density at radius 3 is 2.38 bits per heavy atom. The number of ether oxygens (including phenoxy) is 1. The zero-order valence-corrected chi connectivity index (χ0v) is 13.5. The lowest BCUT2D eigenvalue weighted by Crippen LogP contribution is -2.18. The van der Waals surface area contributed by atoms with Gasteiger partial charge in [0.1, 0.15) is 5.75 Å². The highest BCUT2D eigenvalue weighted by molar-refractivity contribution is 9.11. The van der Waals surface area contributed by atoms with Crippen LogP contribution in [0.25, 0.3) is 0 Å². The molecule has 114 valence electrons. The molecule has 0 aliphatic heterocycles. The number of nitrogens with one attached hydrogen (secondary N) is 1. The zero-order chi connectivity index (χ0) is 15.5. The van der Waals surface area contributed by atoms with Gasteiger partial charge in [-0.05, 0) is 52.7 Å². The average Bonchev–Trinajstić information content (AvgIpc) is 2.81. The average molecular weight is 380 g/mol. The second kappa shape index (κ2) is 6.81. The molecule has 0 bridgehead atoms. The van der Waals surface area contributed by atoms with Crippen LogP contribution < -0.4 is 10.1 Å². The Bertz CT molecular complexity index is 583. The van der Waals surface area contributed by atoms with Crippen molar-refractivity contribution in [2.45, 2.75) is 25.9 Å². The first kappa shape index (κ1) is 16.3.